The van der Waals surface area contributed by atoms with Crippen LogP contribution in [0.2, 0.25) is 0 Å². The lowest BCUT2D eigenvalue weighted by Crippen LogP contribution is -2.19. The van der Waals surface area contributed by atoms with Crippen molar-refractivity contribution in [3.05, 3.63) is 64.2 Å². The lowest BCUT2D eigenvalue weighted by atomic mass is 9.96. The Labute approximate surface area is 133 Å². The van der Waals surface area contributed by atoms with Gasteiger partial charge < -0.3 is 10.1 Å². The van der Waals surface area contributed by atoms with Crippen LogP contribution < -0.4 is 10.1 Å². The zero-order valence-electron chi connectivity index (χ0n) is 13.8. The highest BCUT2D eigenvalue weighted by molar-refractivity contribution is 5.41. The molecule has 1 atom stereocenters. The zero-order valence-corrected chi connectivity index (χ0v) is 13.8. The Morgan fingerprint density at radius 2 is 1.77 bits per heavy atom. The number of benzene rings is 2. The molecule has 0 aromatic heterocycles. The fourth-order valence-corrected chi connectivity index (χ4v) is 3.36. The minimum absolute atomic E-state index is 0.369. The van der Waals surface area contributed by atoms with Crippen molar-refractivity contribution in [2.24, 2.45) is 0 Å². The van der Waals surface area contributed by atoms with Gasteiger partial charge in [0, 0.05) is 12.6 Å². The molecule has 1 aliphatic rings. The third kappa shape index (κ3) is 3.17. The first kappa shape index (κ1) is 15.1. The van der Waals surface area contributed by atoms with Gasteiger partial charge in [-0.1, -0.05) is 24.3 Å². The molecule has 1 aliphatic carbocycles. The first-order chi connectivity index (χ1) is 10.7. The predicted octanol–water partition coefficient (Wildman–Crippen LogP) is 4.34. The Kier molecular flexibility index (Phi) is 4.49. The maximum Gasteiger partial charge on any atom is 0.118 e. The van der Waals surface area contributed by atoms with Crippen molar-refractivity contribution in [2.75, 3.05) is 7.11 Å². The molecule has 22 heavy (non-hydrogen) atoms. The highest BCUT2D eigenvalue weighted by Crippen LogP contribution is 2.28. The number of ether oxygens (including phenoxy) is 1. The summed E-state index contributed by atoms with van der Waals surface area (Å²) in [6.07, 6.45) is 3.81. The van der Waals surface area contributed by atoms with Crippen molar-refractivity contribution in [1.29, 1.82) is 0 Å². The summed E-state index contributed by atoms with van der Waals surface area (Å²) in [5.41, 5.74) is 7.25. The third-order valence-corrected chi connectivity index (χ3v) is 4.72. The number of fused-ring (bicyclic) bond motifs is 1. The summed E-state index contributed by atoms with van der Waals surface area (Å²) in [7, 11) is 1.70. The zero-order chi connectivity index (χ0) is 15.5. The van der Waals surface area contributed by atoms with Crippen LogP contribution in [0, 0.1) is 6.92 Å². The molecule has 1 N–H and O–H groups in total. The molecule has 0 aliphatic heterocycles. The molecule has 2 aromatic rings. The van der Waals surface area contributed by atoms with Crippen molar-refractivity contribution >= 4 is 0 Å². The van der Waals surface area contributed by atoms with Crippen molar-refractivity contribution in [3.8, 4) is 5.75 Å². The summed E-state index contributed by atoms with van der Waals surface area (Å²) >= 11 is 0. The predicted molar refractivity (Wildman–Crippen MR) is 91.5 cm³/mol. The van der Waals surface area contributed by atoms with Crippen LogP contribution in [0.4, 0.5) is 0 Å². The van der Waals surface area contributed by atoms with E-state index >= 15 is 0 Å². The van der Waals surface area contributed by atoms with Gasteiger partial charge in [-0.25, -0.2) is 0 Å². The van der Waals surface area contributed by atoms with E-state index in [1.165, 1.54) is 36.0 Å². The first-order valence-corrected chi connectivity index (χ1v) is 8.16. The number of aryl methyl sites for hydroxylation is 3. The van der Waals surface area contributed by atoms with Crippen LogP contribution in [-0.4, -0.2) is 7.11 Å². The SMILES string of the molecule is COc1ccc(CNC(C)c2cc3c(cc2C)CCC3)cc1. The number of methoxy groups -OCH3 is 1. The molecule has 0 saturated carbocycles. The fourth-order valence-electron chi connectivity index (χ4n) is 3.36. The maximum atomic E-state index is 5.20. The largest absolute Gasteiger partial charge is 0.497 e. The molecule has 0 heterocycles. The van der Waals surface area contributed by atoms with Gasteiger partial charge in [-0.2, -0.15) is 0 Å². The molecule has 0 amide bonds. The Bertz CT molecular complexity index is 646. The minimum Gasteiger partial charge on any atom is -0.497 e. The first-order valence-electron chi connectivity index (χ1n) is 8.16. The van der Waals surface area contributed by atoms with E-state index in [1.807, 2.05) is 12.1 Å². The highest BCUT2D eigenvalue weighted by Gasteiger charge is 2.15. The summed E-state index contributed by atoms with van der Waals surface area (Å²) in [6, 6.07) is 13.5. The van der Waals surface area contributed by atoms with E-state index in [0.717, 1.165) is 12.3 Å². The molecule has 0 fully saturated rings. The van der Waals surface area contributed by atoms with Gasteiger partial charge in [-0.15, -0.1) is 0 Å². The lowest BCUT2D eigenvalue weighted by molar-refractivity contribution is 0.414. The fraction of sp³-hybridized carbons (Fsp3) is 0.400. The van der Waals surface area contributed by atoms with Gasteiger partial charge in [0.1, 0.15) is 5.75 Å². The molecule has 2 aromatic carbocycles. The van der Waals surface area contributed by atoms with Crippen LogP contribution in [0.25, 0.3) is 0 Å². The highest BCUT2D eigenvalue weighted by atomic mass is 16.5. The monoisotopic (exact) mass is 295 g/mol. The third-order valence-electron chi connectivity index (χ3n) is 4.72. The van der Waals surface area contributed by atoms with Crippen LogP contribution in [0.1, 0.15) is 47.2 Å². The second-order valence-electron chi connectivity index (χ2n) is 6.28. The van der Waals surface area contributed by atoms with Crippen LogP contribution >= 0.6 is 0 Å². The second kappa shape index (κ2) is 6.53. The van der Waals surface area contributed by atoms with Gasteiger partial charge >= 0.3 is 0 Å². The van der Waals surface area contributed by atoms with Crippen LogP contribution in [0.3, 0.4) is 0 Å². The molecular weight excluding hydrogens is 270 g/mol. The lowest BCUT2D eigenvalue weighted by Gasteiger charge is -2.18. The summed E-state index contributed by atoms with van der Waals surface area (Å²) in [5.74, 6) is 0.909. The van der Waals surface area contributed by atoms with E-state index in [-0.39, 0.29) is 0 Å². The maximum absolute atomic E-state index is 5.20. The summed E-state index contributed by atoms with van der Waals surface area (Å²) in [4.78, 5) is 0. The van der Waals surface area contributed by atoms with Crippen LogP contribution in [0.15, 0.2) is 36.4 Å². The van der Waals surface area contributed by atoms with Crippen LogP contribution in [0.5, 0.6) is 5.75 Å². The Morgan fingerprint density at radius 1 is 1.09 bits per heavy atom. The standard InChI is InChI=1S/C20H25NO/c1-14-11-17-5-4-6-18(17)12-20(14)15(2)21-13-16-7-9-19(22-3)10-8-16/h7-12,15,21H,4-6,13H2,1-3H3. The summed E-state index contributed by atoms with van der Waals surface area (Å²) < 4.78 is 5.20. The van der Waals surface area contributed by atoms with E-state index < -0.39 is 0 Å². The molecule has 3 rings (SSSR count). The Balaban J connectivity index is 1.67. The molecule has 0 spiro atoms. The van der Waals surface area contributed by atoms with E-state index in [1.54, 1.807) is 18.2 Å². The summed E-state index contributed by atoms with van der Waals surface area (Å²) in [6.45, 7) is 5.37. The topological polar surface area (TPSA) is 21.3 Å². The van der Waals surface area contributed by atoms with Crippen molar-refractivity contribution in [2.45, 2.75) is 45.7 Å². The average Bonchev–Trinajstić information content (AvgIpc) is 2.99. The van der Waals surface area contributed by atoms with Gasteiger partial charge in [0.25, 0.3) is 0 Å². The smallest absolute Gasteiger partial charge is 0.118 e. The second-order valence-corrected chi connectivity index (χ2v) is 6.28. The molecule has 2 nitrogen and oxygen atoms in total. The number of hydrogen-bond acceptors (Lipinski definition) is 2. The number of rotatable bonds is 5. The van der Waals surface area contributed by atoms with E-state index in [4.69, 9.17) is 4.74 Å². The average molecular weight is 295 g/mol. The molecule has 116 valence electrons. The van der Waals surface area contributed by atoms with Crippen molar-refractivity contribution < 1.29 is 4.74 Å². The molecule has 2 heteroatoms. The van der Waals surface area contributed by atoms with E-state index in [0.29, 0.717) is 6.04 Å². The minimum atomic E-state index is 0.369. The molecule has 0 bridgehead atoms. The van der Waals surface area contributed by atoms with Crippen molar-refractivity contribution in [3.63, 3.8) is 0 Å². The normalized spacial score (nSPS) is 14.7. The van der Waals surface area contributed by atoms with Crippen molar-refractivity contribution in [1.82, 2.24) is 5.32 Å². The Hall–Kier alpha value is -1.80. The van der Waals surface area contributed by atoms with E-state index in [9.17, 15) is 0 Å². The Morgan fingerprint density at radius 3 is 2.45 bits per heavy atom. The van der Waals surface area contributed by atoms with E-state index in [2.05, 4.69) is 43.4 Å². The summed E-state index contributed by atoms with van der Waals surface area (Å²) in [5, 5.41) is 3.64. The molecular formula is C20H25NO. The molecule has 1 unspecified atom stereocenters. The van der Waals surface area contributed by atoms with Gasteiger partial charge in [-0.3, -0.25) is 0 Å². The molecule has 0 saturated heterocycles. The molecule has 0 radical (unpaired) electrons. The quantitative estimate of drug-likeness (QED) is 0.886. The van der Waals surface area contributed by atoms with Gasteiger partial charge in [0.05, 0.1) is 7.11 Å². The van der Waals surface area contributed by atoms with Crippen LogP contribution in [-0.2, 0) is 19.4 Å². The van der Waals surface area contributed by atoms with Gasteiger partial charge in [-0.05, 0) is 73.1 Å². The number of nitrogens with one attached hydrogen (secondary N) is 1. The van der Waals surface area contributed by atoms with Gasteiger partial charge in [0.15, 0.2) is 0 Å². The van der Waals surface area contributed by atoms with Gasteiger partial charge in [0.2, 0.25) is 0 Å². The number of hydrogen-bond donors (Lipinski definition) is 1.